The molecular weight excluding hydrogens is 216 g/mol. The van der Waals surface area contributed by atoms with Crippen LogP contribution in [0.25, 0.3) is 0 Å². The fraction of sp³-hybridized carbons (Fsp3) is 0.538. The Hall–Kier alpha value is -0.643. The third kappa shape index (κ3) is 2.73. The van der Waals surface area contributed by atoms with Gasteiger partial charge in [0.15, 0.2) is 0 Å². The molecule has 0 radical (unpaired) electrons. The summed E-state index contributed by atoms with van der Waals surface area (Å²) in [7, 11) is 1.91. The van der Waals surface area contributed by atoms with Gasteiger partial charge < -0.3 is 8.85 Å². The average molecular weight is 238 g/mol. The van der Waals surface area contributed by atoms with E-state index in [2.05, 4.69) is 45.0 Å². The largest absolute Gasteiger partial charge is 0.400 e. The van der Waals surface area contributed by atoms with Gasteiger partial charge in [0.05, 0.1) is 0 Å². The molecule has 0 aromatic heterocycles. The van der Waals surface area contributed by atoms with Gasteiger partial charge >= 0.3 is 9.28 Å². The quantitative estimate of drug-likeness (QED) is 0.734. The van der Waals surface area contributed by atoms with Crippen LogP contribution in [-0.2, 0) is 14.3 Å². The van der Waals surface area contributed by atoms with Crippen LogP contribution in [-0.4, -0.2) is 23.5 Å². The summed E-state index contributed by atoms with van der Waals surface area (Å²) in [5.41, 5.74) is 1.85. The van der Waals surface area contributed by atoms with E-state index in [1.165, 1.54) is 5.56 Å². The molecule has 1 rings (SSSR count). The zero-order chi connectivity index (χ0) is 12.2. The van der Waals surface area contributed by atoms with E-state index in [1.807, 2.05) is 6.07 Å². The van der Waals surface area contributed by atoms with Gasteiger partial charge in [0.2, 0.25) is 0 Å². The van der Waals surface area contributed by atoms with Crippen molar-refractivity contribution in [2.75, 3.05) is 14.2 Å². The maximum Gasteiger partial charge on any atom is 0.324 e. The predicted octanol–water partition coefficient (Wildman–Crippen LogP) is 2.87. The second kappa shape index (κ2) is 5.62. The first-order chi connectivity index (χ1) is 7.54. The highest BCUT2D eigenvalue weighted by atomic mass is 28.3. The van der Waals surface area contributed by atoms with Crippen molar-refractivity contribution in [3.63, 3.8) is 0 Å². The lowest BCUT2D eigenvalue weighted by Gasteiger charge is -2.35. The van der Waals surface area contributed by atoms with E-state index in [-0.39, 0.29) is 5.41 Å². The lowest BCUT2D eigenvalue weighted by Crippen LogP contribution is -2.36. The third-order valence-electron chi connectivity index (χ3n) is 3.53. The van der Waals surface area contributed by atoms with E-state index < -0.39 is 9.28 Å². The van der Waals surface area contributed by atoms with E-state index in [4.69, 9.17) is 8.85 Å². The van der Waals surface area contributed by atoms with Crippen LogP contribution in [0.1, 0.15) is 26.3 Å². The Morgan fingerprint density at radius 2 is 1.56 bits per heavy atom. The molecule has 0 heterocycles. The zero-order valence-corrected chi connectivity index (χ0v) is 12.0. The van der Waals surface area contributed by atoms with Gasteiger partial charge in [-0.25, -0.2) is 0 Å². The predicted molar refractivity (Wildman–Crippen MR) is 70.1 cm³/mol. The van der Waals surface area contributed by atoms with E-state index in [9.17, 15) is 0 Å². The first-order valence-electron chi connectivity index (χ1n) is 5.65. The number of benzene rings is 1. The molecule has 0 aliphatic rings. The van der Waals surface area contributed by atoms with Gasteiger partial charge in [-0.15, -0.1) is 0 Å². The Labute approximate surface area is 100 Å². The standard InChI is InChI=1S/C13H22O2Si/c1-11(16(14-4)15-5)13(2,3)12-9-7-6-8-10-12/h6-11,16H,1-5H3. The van der Waals surface area contributed by atoms with E-state index in [0.29, 0.717) is 5.54 Å². The van der Waals surface area contributed by atoms with Crippen molar-refractivity contribution < 1.29 is 8.85 Å². The molecule has 0 amide bonds. The van der Waals surface area contributed by atoms with Crippen LogP contribution in [0.3, 0.4) is 0 Å². The summed E-state index contributed by atoms with van der Waals surface area (Å²) in [6, 6.07) is 10.6. The Morgan fingerprint density at radius 1 is 1.06 bits per heavy atom. The Bertz CT molecular complexity index is 307. The van der Waals surface area contributed by atoms with E-state index >= 15 is 0 Å². The van der Waals surface area contributed by atoms with E-state index in [1.54, 1.807) is 14.2 Å². The van der Waals surface area contributed by atoms with Crippen molar-refractivity contribution in [3.8, 4) is 0 Å². The second-order valence-corrected chi connectivity index (χ2v) is 7.40. The minimum absolute atomic E-state index is 0.0875. The van der Waals surface area contributed by atoms with Crippen molar-refractivity contribution in [1.82, 2.24) is 0 Å². The Morgan fingerprint density at radius 3 is 2.00 bits per heavy atom. The van der Waals surface area contributed by atoms with Gasteiger partial charge in [-0.3, -0.25) is 0 Å². The fourth-order valence-electron chi connectivity index (χ4n) is 1.98. The summed E-state index contributed by atoms with van der Waals surface area (Å²) >= 11 is 0. The minimum Gasteiger partial charge on any atom is -0.400 e. The topological polar surface area (TPSA) is 18.5 Å². The van der Waals surface area contributed by atoms with Gasteiger partial charge in [0.25, 0.3) is 0 Å². The second-order valence-electron chi connectivity index (χ2n) is 4.72. The zero-order valence-electron chi connectivity index (χ0n) is 10.9. The smallest absolute Gasteiger partial charge is 0.324 e. The molecule has 3 heteroatoms. The third-order valence-corrected chi connectivity index (χ3v) is 6.11. The average Bonchev–Trinajstić information content (AvgIpc) is 2.31. The minimum atomic E-state index is -1.58. The first kappa shape index (κ1) is 13.4. The van der Waals surface area contributed by atoms with Crippen LogP contribution in [0.15, 0.2) is 30.3 Å². The molecule has 90 valence electrons. The molecule has 0 spiro atoms. The van der Waals surface area contributed by atoms with Crippen molar-refractivity contribution in [3.05, 3.63) is 35.9 Å². The molecule has 0 bridgehead atoms. The molecule has 1 aromatic rings. The lowest BCUT2D eigenvalue weighted by atomic mass is 9.82. The van der Waals surface area contributed by atoms with E-state index in [0.717, 1.165) is 0 Å². The summed E-state index contributed by atoms with van der Waals surface area (Å²) < 4.78 is 11.0. The van der Waals surface area contributed by atoms with Crippen LogP contribution in [0, 0.1) is 0 Å². The number of rotatable bonds is 5. The van der Waals surface area contributed by atoms with Crippen molar-refractivity contribution in [2.24, 2.45) is 0 Å². The molecule has 1 unspecified atom stereocenters. The fourth-order valence-corrected chi connectivity index (χ4v) is 3.86. The van der Waals surface area contributed by atoms with Crippen LogP contribution in [0.5, 0.6) is 0 Å². The van der Waals surface area contributed by atoms with Crippen molar-refractivity contribution >= 4 is 9.28 Å². The van der Waals surface area contributed by atoms with Crippen molar-refractivity contribution in [2.45, 2.75) is 31.7 Å². The lowest BCUT2D eigenvalue weighted by molar-refractivity contribution is 0.250. The first-order valence-corrected chi connectivity index (χ1v) is 7.26. The molecular formula is C13H22O2Si. The summed E-state index contributed by atoms with van der Waals surface area (Å²) in [6.45, 7) is 6.73. The molecule has 0 N–H and O–H groups in total. The molecule has 0 saturated carbocycles. The van der Waals surface area contributed by atoms with Gasteiger partial charge in [0, 0.05) is 19.8 Å². The van der Waals surface area contributed by atoms with Crippen LogP contribution < -0.4 is 0 Å². The van der Waals surface area contributed by atoms with Crippen LogP contribution in [0.4, 0.5) is 0 Å². The highest BCUT2D eigenvalue weighted by molar-refractivity contribution is 6.46. The molecule has 0 aliphatic heterocycles. The highest BCUT2D eigenvalue weighted by Crippen LogP contribution is 2.37. The molecule has 16 heavy (non-hydrogen) atoms. The van der Waals surface area contributed by atoms with Gasteiger partial charge in [-0.05, 0) is 11.0 Å². The number of hydrogen-bond donors (Lipinski definition) is 0. The van der Waals surface area contributed by atoms with Gasteiger partial charge in [-0.2, -0.15) is 0 Å². The molecule has 0 fully saturated rings. The van der Waals surface area contributed by atoms with Crippen molar-refractivity contribution in [1.29, 1.82) is 0 Å². The summed E-state index contributed by atoms with van der Waals surface area (Å²) in [6.07, 6.45) is 0. The van der Waals surface area contributed by atoms with Gasteiger partial charge in [-0.1, -0.05) is 51.1 Å². The highest BCUT2D eigenvalue weighted by Gasteiger charge is 2.35. The molecule has 1 atom stereocenters. The Balaban J connectivity index is 2.92. The molecule has 0 aliphatic carbocycles. The van der Waals surface area contributed by atoms with Gasteiger partial charge in [0.1, 0.15) is 0 Å². The monoisotopic (exact) mass is 238 g/mol. The maximum atomic E-state index is 5.49. The number of hydrogen-bond acceptors (Lipinski definition) is 2. The maximum absolute atomic E-state index is 5.49. The van der Waals surface area contributed by atoms with Crippen LogP contribution in [0.2, 0.25) is 5.54 Å². The molecule has 1 aromatic carbocycles. The Kier molecular flexibility index (Phi) is 4.71. The normalized spacial score (nSPS) is 14.1. The molecule has 2 nitrogen and oxygen atoms in total. The summed E-state index contributed by atoms with van der Waals surface area (Å²) in [4.78, 5) is 0. The molecule has 0 saturated heterocycles. The van der Waals surface area contributed by atoms with Crippen LogP contribution >= 0.6 is 0 Å². The SMILES string of the molecule is CO[SiH](OC)C(C)C(C)(C)c1ccccc1. The summed E-state index contributed by atoms with van der Waals surface area (Å²) in [5.74, 6) is 0. The summed E-state index contributed by atoms with van der Waals surface area (Å²) in [5, 5.41) is 0.